The molecule has 3 heterocycles. The average Bonchev–Trinajstić information content (AvgIpc) is 2.77. The second kappa shape index (κ2) is 4.72. The molecule has 0 aliphatic rings. The molecular weight excluding hydrogens is 307 g/mol. The molecule has 0 aromatic carbocycles. The molecule has 0 atom stereocenters. The fourth-order valence-corrected chi connectivity index (χ4v) is 2.02. The van der Waals surface area contributed by atoms with Crippen molar-refractivity contribution in [2.75, 3.05) is 0 Å². The summed E-state index contributed by atoms with van der Waals surface area (Å²) in [7, 11) is 1.43. The van der Waals surface area contributed by atoms with Gasteiger partial charge in [-0.15, -0.1) is 0 Å². The summed E-state index contributed by atoms with van der Waals surface area (Å²) in [5, 5.41) is 0. The number of alkyl halides is 3. The van der Waals surface area contributed by atoms with Crippen LogP contribution in [0.1, 0.15) is 5.56 Å². The molecule has 0 bridgehead atoms. The van der Waals surface area contributed by atoms with Crippen LogP contribution in [0.5, 0.6) is 0 Å². The summed E-state index contributed by atoms with van der Waals surface area (Å²) in [6, 6.07) is 2.50. The van der Waals surface area contributed by atoms with E-state index in [2.05, 4.69) is 15.0 Å². The van der Waals surface area contributed by atoms with E-state index in [-0.39, 0.29) is 17.0 Å². The molecule has 3 aromatic rings. The molecule has 0 aliphatic carbocycles. The predicted molar refractivity (Wildman–Crippen MR) is 66.7 cm³/mol. The number of pyridine rings is 2. The highest BCUT2D eigenvalue weighted by atomic mass is 19.4. The largest absolute Gasteiger partial charge is 0.417 e. The van der Waals surface area contributed by atoms with Crippen LogP contribution in [0.4, 0.5) is 22.0 Å². The Morgan fingerprint density at radius 1 is 1.09 bits per heavy atom. The van der Waals surface area contributed by atoms with Gasteiger partial charge >= 0.3 is 6.18 Å². The van der Waals surface area contributed by atoms with E-state index in [4.69, 9.17) is 0 Å². The molecule has 0 saturated carbocycles. The molecule has 0 radical (unpaired) electrons. The third-order valence-corrected chi connectivity index (χ3v) is 3.06. The number of hydrogen-bond donors (Lipinski definition) is 0. The van der Waals surface area contributed by atoms with Crippen LogP contribution in [0.25, 0.3) is 22.7 Å². The standard InChI is InChI=1S/C13H7F5N4/c1-22-11-8(4-6(5-19-11)13(16,17)18)20-12(22)10-7(14)2-3-9(15)21-10/h2-5H,1H3. The van der Waals surface area contributed by atoms with Crippen LogP contribution in [-0.2, 0) is 13.2 Å². The molecule has 0 amide bonds. The van der Waals surface area contributed by atoms with Gasteiger partial charge in [0, 0.05) is 13.2 Å². The van der Waals surface area contributed by atoms with Gasteiger partial charge in [0.1, 0.15) is 11.2 Å². The van der Waals surface area contributed by atoms with Crippen LogP contribution in [0.2, 0.25) is 0 Å². The van der Waals surface area contributed by atoms with Crippen LogP contribution in [-0.4, -0.2) is 19.5 Å². The highest BCUT2D eigenvalue weighted by molar-refractivity contribution is 5.77. The number of rotatable bonds is 1. The van der Waals surface area contributed by atoms with Crippen molar-refractivity contribution >= 4 is 11.2 Å². The summed E-state index contributed by atoms with van der Waals surface area (Å²) in [5.74, 6) is -1.87. The molecule has 0 fully saturated rings. The molecule has 4 nitrogen and oxygen atoms in total. The fraction of sp³-hybridized carbons (Fsp3) is 0.154. The predicted octanol–water partition coefficient (Wildman–Crippen LogP) is 3.33. The van der Waals surface area contributed by atoms with Gasteiger partial charge in [-0.05, 0) is 18.2 Å². The van der Waals surface area contributed by atoms with E-state index in [0.29, 0.717) is 6.20 Å². The minimum atomic E-state index is -4.57. The molecule has 22 heavy (non-hydrogen) atoms. The number of imidazole rings is 1. The monoisotopic (exact) mass is 314 g/mol. The summed E-state index contributed by atoms with van der Waals surface area (Å²) in [6.45, 7) is 0. The molecule has 0 N–H and O–H groups in total. The number of nitrogens with zero attached hydrogens (tertiary/aromatic N) is 4. The van der Waals surface area contributed by atoms with Gasteiger partial charge in [0.05, 0.1) is 5.56 Å². The van der Waals surface area contributed by atoms with Gasteiger partial charge in [-0.1, -0.05) is 0 Å². The van der Waals surface area contributed by atoms with E-state index in [1.54, 1.807) is 0 Å². The van der Waals surface area contributed by atoms with Crippen LogP contribution < -0.4 is 0 Å². The van der Waals surface area contributed by atoms with Gasteiger partial charge in [-0.2, -0.15) is 17.6 Å². The topological polar surface area (TPSA) is 43.6 Å². The first-order chi connectivity index (χ1) is 10.3. The Balaban J connectivity index is 2.24. The fourth-order valence-electron chi connectivity index (χ4n) is 2.02. The lowest BCUT2D eigenvalue weighted by Gasteiger charge is -2.05. The Labute approximate surface area is 120 Å². The first-order valence-corrected chi connectivity index (χ1v) is 5.99. The van der Waals surface area contributed by atoms with E-state index in [1.807, 2.05) is 0 Å². The smallest absolute Gasteiger partial charge is 0.310 e. The Morgan fingerprint density at radius 2 is 1.82 bits per heavy atom. The highest BCUT2D eigenvalue weighted by Gasteiger charge is 2.32. The zero-order valence-electron chi connectivity index (χ0n) is 11.0. The van der Waals surface area contributed by atoms with Crippen molar-refractivity contribution in [3.8, 4) is 11.5 Å². The lowest BCUT2D eigenvalue weighted by Crippen LogP contribution is -2.05. The third-order valence-electron chi connectivity index (χ3n) is 3.06. The van der Waals surface area contributed by atoms with E-state index in [1.165, 1.54) is 11.6 Å². The lowest BCUT2D eigenvalue weighted by molar-refractivity contribution is -0.137. The van der Waals surface area contributed by atoms with Crippen molar-refractivity contribution in [1.82, 2.24) is 19.5 Å². The molecule has 0 saturated heterocycles. The Morgan fingerprint density at radius 3 is 2.50 bits per heavy atom. The molecule has 0 unspecified atom stereocenters. The van der Waals surface area contributed by atoms with Gasteiger partial charge in [0.2, 0.25) is 5.95 Å². The molecule has 3 rings (SSSR count). The lowest BCUT2D eigenvalue weighted by atomic mass is 10.2. The molecule has 114 valence electrons. The summed E-state index contributed by atoms with van der Waals surface area (Å²) in [5.41, 5.74) is -1.35. The first kappa shape index (κ1) is 14.4. The minimum Gasteiger partial charge on any atom is -0.310 e. The zero-order valence-corrected chi connectivity index (χ0v) is 11.0. The van der Waals surface area contributed by atoms with E-state index in [9.17, 15) is 22.0 Å². The van der Waals surface area contributed by atoms with Gasteiger partial charge in [-0.3, -0.25) is 0 Å². The van der Waals surface area contributed by atoms with E-state index in [0.717, 1.165) is 18.2 Å². The minimum absolute atomic E-state index is 0.0854. The van der Waals surface area contributed by atoms with Crippen LogP contribution in [0, 0.1) is 11.8 Å². The number of aryl methyl sites for hydroxylation is 1. The number of aromatic nitrogens is 4. The quantitative estimate of drug-likeness (QED) is 0.511. The van der Waals surface area contributed by atoms with Crippen molar-refractivity contribution in [3.63, 3.8) is 0 Å². The van der Waals surface area contributed by atoms with Gasteiger partial charge < -0.3 is 4.57 Å². The SMILES string of the molecule is Cn1c(-c2nc(F)ccc2F)nc2cc(C(F)(F)F)cnc21. The van der Waals surface area contributed by atoms with Gasteiger partial charge in [-0.25, -0.2) is 19.3 Å². The highest BCUT2D eigenvalue weighted by Crippen LogP contribution is 2.31. The van der Waals surface area contributed by atoms with Crippen LogP contribution in [0.3, 0.4) is 0 Å². The summed E-state index contributed by atoms with van der Waals surface area (Å²) in [6.07, 6.45) is -3.91. The number of fused-ring (bicyclic) bond motifs is 1. The van der Waals surface area contributed by atoms with Crippen LogP contribution >= 0.6 is 0 Å². The van der Waals surface area contributed by atoms with Crippen molar-refractivity contribution in [3.05, 3.63) is 41.7 Å². The molecular formula is C13H7F5N4. The molecule has 3 aromatic heterocycles. The average molecular weight is 314 g/mol. The first-order valence-electron chi connectivity index (χ1n) is 5.99. The Hall–Kier alpha value is -2.58. The Kier molecular flexibility index (Phi) is 3.08. The maximum absolute atomic E-state index is 13.7. The van der Waals surface area contributed by atoms with Crippen molar-refractivity contribution < 1.29 is 22.0 Å². The second-order valence-electron chi connectivity index (χ2n) is 4.52. The normalized spacial score (nSPS) is 12.1. The van der Waals surface area contributed by atoms with Crippen molar-refractivity contribution in [1.29, 1.82) is 0 Å². The maximum atomic E-state index is 13.7. The van der Waals surface area contributed by atoms with Gasteiger partial charge in [0.15, 0.2) is 17.3 Å². The number of hydrogen-bond acceptors (Lipinski definition) is 3. The molecule has 0 aliphatic heterocycles. The number of halogens is 5. The zero-order chi connectivity index (χ0) is 16.1. The van der Waals surface area contributed by atoms with Crippen molar-refractivity contribution in [2.24, 2.45) is 7.05 Å². The summed E-state index contributed by atoms with van der Waals surface area (Å²) in [4.78, 5) is 11.0. The van der Waals surface area contributed by atoms with Crippen LogP contribution in [0.15, 0.2) is 24.4 Å². The van der Waals surface area contributed by atoms with E-state index >= 15 is 0 Å². The van der Waals surface area contributed by atoms with Crippen molar-refractivity contribution in [2.45, 2.75) is 6.18 Å². The van der Waals surface area contributed by atoms with Gasteiger partial charge in [0.25, 0.3) is 0 Å². The molecule has 0 spiro atoms. The van der Waals surface area contributed by atoms with E-state index < -0.39 is 29.2 Å². The summed E-state index contributed by atoms with van der Waals surface area (Å²) < 4.78 is 66.2. The Bertz CT molecular complexity index is 869. The maximum Gasteiger partial charge on any atom is 0.417 e. The third kappa shape index (κ3) is 2.28. The summed E-state index contributed by atoms with van der Waals surface area (Å²) >= 11 is 0. The molecule has 9 heteroatoms. The second-order valence-corrected chi connectivity index (χ2v) is 4.52.